The summed E-state index contributed by atoms with van der Waals surface area (Å²) in [6, 6.07) is 8.43. The number of para-hydroxylation sites is 1. The Balaban J connectivity index is 1.38. The molecular weight excluding hydrogens is 330 g/mol. The number of aryl methyl sites for hydroxylation is 2. The number of hydrogen-bond acceptors (Lipinski definition) is 5. The SMILES string of the molecule is Cc1n[nH]c(C)c1CCN1CCCN(c2nc3ccccc3s2)CC1. The molecule has 0 radical (unpaired) electrons. The molecule has 3 heterocycles. The Morgan fingerprint density at radius 3 is 2.80 bits per heavy atom. The lowest BCUT2D eigenvalue weighted by Crippen LogP contribution is -2.32. The average Bonchev–Trinajstić information content (AvgIpc) is 3.09. The third kappa shape index (κ3) is 3.55. The van der Waals surface area contributed by atoms with Gasteiger partial charge in [0.2, 0.25) is 0 Å². The molecule has 4 rings (SSSR count). The predicted molar refractivity (Wildman–Crippen MR) is 105 cm³/mol. The zero-order valence-electron chi connectivity index (χ0n) is 15.0. The summed E-state index contributed by atoms with van der Waals surface area (Å²) < 4.78 is 1.28. The van der Waals surface area contributed by atoms with Crippen molar-refractivity contribution in [2.24, 2.45) is 0 Å². The standard InChI is InChI=1S/C19H25N5S/c1-14-16(15(2)22-21-14)8-11-23-9-5-10-24(13-12-23)19-20-17-6-3-4-7-18(17)25-19/h3-4,6-7H,5,8-13H2,1-2H3,(H,21,22). The van der Waals surface area contributed by atoms with Crippen LogP contribution in [-0.2, 0) is 6.42 Å². The smallest absolute Gasteiger partial charge is 0.186 e. The highest BCUT2D eigenvalue weighted by Crippen LogP contribution is 2.29. The number of anilines is 1. The summed E-state index contributed by atoms with van der Waals surface area (Å²) in [6.07, 6.45) is 2.27. The molecule has 132 valence electrons. The van der Waals surface area contributed by atoms with Gasteiger partial charge in [0.1, 0.15) is 0 Å². The van der Waals surface area contributed by atoms with E-state index in [4.69, 9.17) is 4.98 Å². The average molecular weight is 356 g/mol. The molecule has 1 aliphatic heterocycles. The van der Waals surface area contributed by atoms with Gasteiger partial charge < -0.3 is 9.80 Å². The minimum atomic E-state index is 1.06. The summed E-state index contributed by atoms with van der Waals surface area (Å²) in [7, 11) is 0. The lowest BCUT2D eigenvalue weighted by molar-refractivity contribution is 0.297. The van der Waals surface area contributed by atoms with Crippen LogP contribution in [0.3, 0.4) is 0 Å². The fourth-order valence-corrected chi connectivity index (χ4v) is 4.61. The van der Waals surface area contributed by atoms with Crippen LogP contribution in [-0.4, -0.2) is 52.8 Å². The molecule has 1 aromatic carbocycles. The lowest BCUT2D eigenvalue weighted by Gasteiger charge is -2.21. The van der Waals surface area contributed by atoms with Crippen LogP contribution in [0.5, 0.6) is 0 Å². The second kappa shape index (κ2) is 7.14. The normalized spacial score (nSPS) is 16.5. The summed E-state index contributed by atoms with van der Waals surface area (Å²) in [4.78, 5) is 9.87. The first-order valence-electron chi connectivity index (χ1n) is 9.04. The number of benzene rings is 1. The van der Waals surface area contributed by atoms with Gasteiger partial charge in [-0.05, 0) is 50.9 Å². The van der Waals surface area contributed by atoms with Gasteiger partial charge in [-0.1, -0.05) is 23.5 Å². The highest BCUT2D eigenvalue weighted by molar-refractivity contribution is 7.22. The lowest BCUT2D eigenvalue weighted by atomic mass is 10.1. The van der Waals surface area contributed by atoms with E-state index in [9.17, 15) is 0 Å². The Morgan fingerprint density at radius 2 is 2.00 bits per heavy atom. The van der Waals surface area contributed by atoms with Crippen molar-refractivity contribution in [2.75, 3.05) is 37.6 Å². The maximum atomic E-state index is 4.83. The van der Waals surface area contributed by atoms with E-state index in [0.717, 1.165) is 50.4 Å². The van der Waals surface area contributed by atoms with E-state index in [2.05, 4.69) is 58.1 Å². The number of nitrogens with one attached hydrogen (secondary N) is 1. The van der Waals surface area contributed by atoms with Gasteiger partial charge in [-0.3, -0.25) is 5.10 Å². The van der Waals surface area contributed by atoms with Gasteiger partial charge in [-0.25, -0.2) is 4.98 Å². The minimum absolute atomic E-state index is 1.06. The Morgan fingerprint density at radius 1 is 1.12 bits per heavy atom. The summed E-state index contributed by atoms with van der Waals surface area (Å²) in [5.74, 6) is 0. The van der Waals surface area contributed by atoms with E-state index < -0.39 is 0 Å². The number of rotatable bonds is 4. The fourth-order valence-electron chi connectivity index (χ4n) is 3.59. The molecule has 0 unspecified atom stereocenters. The molecule has 0 amide bonds. The van der Waals surface area contributed by atoms with Gasteiger partial charge in [0.15, 0.2) is 5.13 Å². The van der Waals surface area contributed by atoms with Crippen LogP contribution in [0.4, 0.5) is 5.13 Å². The maximum Gasteiger partial charge on any atom is 0.186 e. The molecule has 2 aromatic heterocycles. The first-order chi connectivity index (χ1) is 12.2. The molecule has 1 aliphatic rings. The molecule has 0 saturated carbocycles. The van der Waals surface area contributed by atoms with Crippen LogP contribution in [0, 0.1) is 13.8 Å². The third-order valence-corrected chi connectivity index (χ3v) is 6.20. The topological polar surface area (TPSA) is 48.1 Å². The highest BCUT2D eigenvalue weighted by atomic mass is 32.1. The Labute approximate surface area is 152 Å². The minimum Gasteiger partial charge on any atom is -0.347 e. The van der Waals surface area contributed by atoms with Crippen molar-refractivity contribution in [2.45, 2.75) is 26.7 Å². The van der Waals surface area contributed by atoms with Gasteiger partial charge in [0.05, 0.1) is 15.9 Å². The van der Waals surface area contributed by atoms with E-state index >= 15 is 0 Å². The van der Waals surface area contributed by atoms with Crippen molar-refractivity contribution in [3.05, 3.63) is 41.2 Å². The van der Waals surface area contributed by atoms with Crippen LogP contribution in [0.2, 0.25) is 0 Å². The molecule has 3 aromatic rings. The molecule has 1 N–H and O–H groups in total. The van der Waals surface area contributed by atoms with Gasteiger partial charge >= 0.3 is 0 Å². The molecule has 25 heavy (non-hydrogen) atoms. The highest BCUT2D eigenvalue weighted by Gasteiger charge is 2.18. The van der Waals surface area contributed by atoms with Crippen molar-refractivity contribution in [3.63, 3.8) is 0 Å². The largest absolute Gasteiger partial charge is 0.347 e. The molecule has 5 nitrogen and oxygen atoms in total. The summed E-state index contributed by atoms with van der Waals surface area (Å²) >= 11 is 1.81. The van der Waals surface area contributed by atoms with Crippen LogP contribution in [0.15, 0.2) is 24.3 Å². The van der Waals surface area contributed by atoms with Crippen molar-refractivity contribution >= 4 is 26.7 Å². The first-order valence-corrected chi connectivity index (χ1v) is 9.85. The van der Waals surface area contributed by atoms with E-state index in [0.29, 0.717) is 0 Å². The second-order valence-electron chi connectivity index (χ2n) is 6.81. The maximum absolute atomic E-state index is 4.83. The number of fused-ring (bicyclic) bond motifs is 1. The second-order valence-corrected chi connectivity index (χ2v) is 7.82. The molecule has 1 fully saturated rings. The number of hydrogen-bond donors (Lipinski definition) is 1. The molecular formula is C19H25N5S. The molecule has 6 heteroatoms. The van der Waals surface area contributed by atoms with Crippen molar-refractivity contribution < 1.29 is 0 Å². The van der Waals surface area contributed by atoms with Crippen molar-refractivity contribution in [3.8, 4) is 0 Å². The van der Waals surface area contributed by atoms with Crippen LogP contribution < -0.4 is 4.90 Å². The summed E-state index contributed by atoms with van der Waals surface area (Å²) in [5, 5.41) is 8.58. The number of aromatic nitrogens is 3. The predicted octanol–water partition coefficient (Wildman–Crippen LogP) is 3.39. The first kappa shape index (κ1) is 16.5. The molecule has 1 saturated heterocycles. The van der Waals surface area contributed by atoms with E-state index in [1.54, 1.807) is 0 Å². The number of H-pyrrole nitrogens is 1. The van der Waals surface area contributed by atoms with Crippen molar-refractivity contribution in [1.82, 2.24) is 20.1 Å². The quantitative estimate of drug-likeness (QED) is 0.779. The zero-order chi connectivity index (χ0) is 17.2. The fraction of sp³-hybridized carbons (Fsp3) is 0.474. The van der Waals surface area contributed by atoms with Crippen molar-refractivity contribution in [1.29, 1.82) is 0 Å². The van der Waals surface area contributed by atoms with Gasteiger partial charge in [0, 0.05) is 31.9 Å². The molecule has 0 spiro atoms. The summed E-state index contributed by atoms with van der Waals surface area (Å²) in [6.45, 7) is 9.74. The van der Waals surface area contributed by atoms with Gasteiger partial charge in [-0.15, -0.1) is 0 Å². The van der Waals surface area contributed by atoms with Crippen LogP contribution in [0.25, 0.3) is 10.2 Å². The van der Waals surface area contributed by atoms with Gasteiger partial charge in [-0.2, -0.15) is 5.10 Å². The molecule has 0 atom stereocenters. The third-order valence-electron chi connectivity index (χ3n) is 5.10. The number of aromatic amines is 1. The van der Waals surface area contributed by atoms with E-state index in [1.807, 2.05) is 11.3 Å². The van der Waals surface area contributed by atoms with E-state index in [-0.39, 0.29) is 0 Å². The van der Waals surface area contributed by atoms with Gasteiger partial charge in [0.25, 0.3) is 0 Å². The molecule has 0 aliphatic carbocycles. The van der Waals surface area contributed by atoms with E-state index in [1.165, 1.54) is 27.5 Å². The molecule has 0 bridgehead atoms. The number of thiazole rings is 1. The summed E-state index contributed by atoms with van der Waals surface area (Å²) in [5.41, 5.74) is 4.86. The Kier molecular flexibility index (Phi) is 4.72. The monoisotopic (exact) mass is 355 g/mol. The van der Waals surface area contributed by atoms with Crippen LogP contribution in [0.1, 0.15) is 23.4 Å². The van der Waals surface area contributed by atoms with Crippen LogP contribution >= 0.6 is 11.3 Å². The zero-order valence-corrected chi connectivity index (χ0v) is 15.8. The Hall–Kier alpha value is -1.92. The number of nitrogens with zero attached hydrogens (tertiary/aromatic N) is 4. The Bertz CT molecular complexity index is 800.